The summed E-state index contributed by atoms with van der Waals surface area (Å²) in [6, 6.07) is 6.36. The molecule has 1 aromatic carbocycles. The minimum Gasteiger partial charge on any atom is -0.335 e. The summed E-state index contributed by atoms with van der Waals surface area (Å²) in [5.74, 6) is 1.14. The SMILES string of the molecule is CCc1cc(Br)ccc1NC1=NC(C)(C)CCS1. The van der Waals surface area contributed by atoms with E-state index in [-0.39, 0.29) is 5.54 Å². The van der Waals surface area contributed by atoms with Gasteiger partial charge in [-0.3, -0.25) is 4.99 Å². The predicted octanol–water partition coefficient (Wildman–Crippen LogP) is 4.69. The Morgan fingerprint density at radius 2 is 2.22 bits per heavy atom. The third-order valence-corrected chi connectivity index (χ3v) is 4.41. The van der Waals surface area contributed by atoms with Gasteiger partial charge in [-0.1, -0.05) is 34.6 Å². The van der Waals surface area contributed by atoms with E-state index >= 15 is 0 Å². The molecule has 18 heavy (non-hydrogen) atoms. The number of amidine groups is 1. The van der Waals surface area contributed by atoms with Crippen LogP contribution in [0, 0.1) is 0 Å². The Kier molecular flexibility index (Phi) is 4.38. The van der Waals surface area contributed by atoms with Crippen LogP contribution in [-0.4, -0.2) is 16.5 Å². The van der Waals surface area contributed by atoms with Gasteiger partial charge in [0.05, 0.1) is 5.54 Å². The molecule has 0 aliphatic carbocycles. The number of benzene rings is 1. The molecule has 1 aromatic rings. The number of hydrogen-bond donors (Lipinski definition) is 1. The second-order valence-electron chi connectivity index (χ2n) is 5.11. The molecule has 0 aromatic heterocycles. The standard InChI is InChI=1S/C14H19BrN2S/c1-4-10-9-11(15)5-6-12(10)16-13-17-14(2,3)7-8-18-13/h5-6,9H,4,7-8H2,1-3H3,(H,16,17). The molecule has 0 unspecified atom stereocenters. The zero-order chi connectivity index (χ0) is 13.2. The highest BCUT2D eigenvalue weighted by molar-refractivity contribution is 9.10. The lowest BCUT2D eigenvalue weighted by Gasteiger charge is -2.26. The molecule has 0 saturated heterocycles. The molecule has 4 heteroatoms. The molecule has 2 nitrogen and oxygen atoms in total. The van der Waals surface area contributed by atoms with Gasteiger partial charge in [-0.15, -0.1) is 0 Å². The van der Waals surface area contributed by atoms with E-state index in [4.69, 9.17) is 4.99 Å². The molecule has 0 radical (unpaired) electrons. The molecule has 0 amide bonds. The Bertz CT molecular complexity index is 469. The van der Waals surface area contributed by atoms with E-state index in [0.29, 0.717) is 0 Å². The van der Waals surface area contributed by atoms with E-state index in [1.54, 1.807) is 0 Å². The monoisotopic (exact) mass is 326 g/mol. The first-order valence-corrected chi connectivity index (χ1v) is 8.06. The Hall–Kier alpha value is -0.480. The average Bonchev–Trinajstić information content (AvgIpc) is 2.30. The van der Waals surface area contributed by atoms with Crippen LogP contribution in [-0.2, 0) is 6.42 Å². The number of rotatable bonds is 2. The summed E-state index contributed by atoms with van der Waals surface area (Å²) in [7, 11) is 0. The number of thioether (sulfide) groups is 1. The topological polar surface area (TPSA) is 24.4 Å². The zero-order valence-electron chi connectivity index (χ0n) is 11.1. The summed E-state index contributed by atoms with van der Waals surface area (Å²) in [6.45, 7) is 6.56. The van der Waals surface area contributed by atoms with Gasteiger partial charge < -0.3 is 5.32 Å². The fraction of sp³-hybridized carbons (Fsp3) is 0.500. The zero-order valence-corrected chi connectivity index (χ0v) is 13.5. The molecule has 98 valence electrons. The third kappa shape index (κ3) is 3.51. The summed E-state index contributed by atoms with van der Waals surface area (Å²) < 4.78 is 1.13. The second-order valence-corrected chi connectivity index (χ2v) is 7.11. The highest BCUT2D eigenvalue weighted by Gasteiger charge is 2.22. The fourth-order valence-corrected chi connectivity index (χ4v) is 3.61. The van der Waals surface area contributed by atoms with Crippen molar-refractivity contribution in [2.75, 3.05) is 11.1 Å². The largest absolute Gasteiger partial charge is 0.335 e. The first-order chi connectivity index (χ1) is 8.50. The van der Waals surface area contributed by atoms with Crippen LogP contribution in [0.25, 0.3) is 0 Å². The van der Waals surface area contributed by atoms with Gasteiger partial charge in [-0.05, 0) is 50.5 Å². The van der Waals surface area contributed by atoms with Crippen LogP contribution >= 0.6 is 27.7 Å². The molecule has 0 atom stereocenters. The summed E-state index contributed by atoms with van der Waals surface area (Å²) in [5.41, 5.74) is 2.55. The average molecular weight is 327 g/mol. The van der Waals surface area contributed by atoms with Crippen molar-refractivity contribution in [3.8, 4) is 0 Å². The quantitative estimate of drug-likeness (QED) is 0.852. The molecule has 2 rings (SSSR count). The van der Waals surface area contributed by atoms with E-state index in [9.17, 15) is 0 Å². The fourth-order valence-electron chi connectivity index (χ4n) is 1.92. The maximum Gasteiger partial charge on any atom is 0.161 e. The number of nitrogens with zero attached hydrogens (tertiary/aromatic N) is 1. The number of hydrogen-bond acceptors (Lipinski definition) is 3. The lowest BCUT2D eigenvalue weighted by molar-refractivity contribution is 0.507. The van der Waals surface area contributed by atoms with E-state index in [2.05, 4.69) is 60.2 Å². The van der Waals surface area contributed by atoms with Gasteiger partial charge in [0.25, 0.3) is 0 Å². The Balaban J connectivity index is 2.21. The van der Waals surface area contributed by atoms with Gasteiger partial charge in [0, 0.05) is 15.9 Å². The highest BCUT2D eigenvalue weighted by atomic mass is 79.9. The van der Waals surface area contributed by atoms with Crippen molar-refractivity contribution in [1.29, 1.82) is 0 Å². The Labute approximate surface area is 122 Å². The lowest BCUT2D eigenvalue weighted by atomic mass is 10.0. The molecule has 1 heterocycles. The van der Waals surface area contributed by atoms with Gasteiger partial charge in [-0.2, -0.15) is 0 Å². The maximum absolute atomic E-state index is 4.76. The van der Waals surface area contributed by atoms with Crippen molar-refractivity contribution < 1.29 is 0 Å². The Morgan fingerprint density at radius 3 is 2.89 bits per heavy atom. The van der Waals surface area contributed by atoms with Gasteiger partial charge >= 0.3 is 0 Å². The predicted molar refractivity (Wildman–Crippen MR) is 85.7 cm³/mol. The summed E-state index contributed by atoms with van der Waals surface area (Å²) in [4.78, 5) is 4.76. The molecule has 1 N–H and O–H groups in total. The smallest absolute Gasteiger partial charge is 0.161 e. The van der Waals surface area contributed by atoms with Crippen LogP contribution in [0.1, 0.15) is 32.8 Å². The first kappa shape index (κ1) is 13.9. The van der Waals surface area contributed by atoms with Crippen LogP contribution in [0.4, 0.5) is 5.69 Å². The molecule has 0 bridgehead atoms. The van der Waals surface area contributed by atoms with Gasteiger partial charge in [0.1, 0.15) is 0 Å². The lowest BCUT2D eigenvalue weighted by Crippen LogP contribution is -2.27. The molecule has 0 saturated carbocycles. The van der Waals surface area contributed by atoms with Gasteiger partial charge in [0.15, 0.2) is 5.17 Å². The normalized spacial score (nSPS) is 18.3. The van der Waals surface area contributed by atoms with Crippen LogP contribution < -0.4 is 5.32 Å². The number of aryl methyl sites for hydroxylation is 1. The summed E-state index contributed by atoms with van der Waals surface area (Å²) in [6.07, 6.45) is 2.16. The molecular formula is C14H19BrN2S. The maximum atomic E-state index is 4.76. The van der Waals surface area contributed by atoms with Crippen molar-refractivity contribution in [2.24, 2.45) is 4.99 Å². The van der Waals surface area contributed by atoms with Crippen molar-refractivity contribution in [3.05, 3.63) is 28.2 Å². The van der Waals surface area contributed by atoms with Crippen molar-refractivity contribution >= 4 is 38.5 Å². The van der Waals surface area contributed by atoms with Gasteiger partial charge in [0.2, 0.25) is 0 Å². The van der Waals surface area contributed by atoms with Crippen molar-refractivity contribution in [1.82, 2.24) is 0 Å². The van der Waals surface area contributed by atoms with Crippen LogP contribution in [0.5, 0.6) is 0 Å². The van der Waals surface area contributed by atoms with Crippen LogP contribution in [0.15, 0.2) is 27.7 Å². The molecule has 0 fully saturated rings. The first-order valence-electron chi connectivity index (χ1n) is 6.28. The minimum atomic E-state index is 0.0648. The van der Waals surface area contributed by atoms with Crippen molar-refractivity contribution in [2.45, 2.75) is 39.2 Å². The Morgan fingerprint density at radius 1 is 1.44 bits per heavy atom. The number of aliphatic imine (C=N–C) groups is 1. The molecule has 1 aliphatic heterocycles. The van der Waals surface area contributed by atoms with Crippen LogP contribution in [0.3, 0.4) is 0 Å². The molecule has 0 spiro atoms. The number of anilines is 1. The van der Waals surface area contributed by atoms with E-state index in [0.717, 1.165) is 28.2 Å². The summed E-state index contributed by atoms with van der Waals surface area (Å²) >= 11 is 5.33. The summed E-state index contributed by atoms with van der Waals surface area (Å²) in [5, 5.41) is 4.52. The molecular weight excluding hydrogens is 308 g/mol. The van der Waals surface area contributed by atoms with E-state index < -0.39 is 0 Å². The van der Waals surface area contributed by atoms with E-state index in [1.807, 2.05) is 11.8 Å². The molecule has 1 aliphatic rings. The highest BCUT2D eigenvalue weighted by Crippen LogP contribution is 2.28. The van der Waals surface area contributed by atoms with Gasteiger partial charge in [-0.25, -0.2) is 0 Å². The second kappa shape index (κ2) is 5.66. The van der Waals surface area contributed by atoms with Crippen LogP contribution in [0.2, 0.25) is 0 Å². The minimum absolute atomic E-state index is 0.0648. The number of nitrogens with one attached hydrogen (secondary N) is 1. The van der Waals surface area contributed by atoms with Crippen molar-refractivity contribution in [3.63, 3.8) is 0 Å². The number of halogens is 1. The third-order valence-electron chi connectivity index (χ3n) is 3.05. The van der Waals surface area contributed by atoms with E-state index in [1.165, 1.54) is 11.3 Å².